The van der Waals surface area contributed by atoms with Gasteiger partial charge in [0.05, 0.1) is 19.2 Å². The standard InChI is InChI=1S/C11H11N3O/c1-9-5-6-10(11(8-9)15-2)4-3-7-13-14-12/h5-6,8H,7H2,1-2H3. The monoisotopic (exact) mass is 201 g/mol. The summed E-state index contributed by atoms with van der Waals surface area (Å²) in [4.78, 5) is 2.61. The molecule has 1 aromatic carbocycles. The Hall–Kier alpha value is -2.11. The molecule has 0 atom stereocenters. The molecule has 0 radical (unpaired) electrons. The number of benzene rings is 1. The molecule has 1 aromatic rings. The van der Waals surface area contributed by atoms with Crippen LogP contribution >= 0.6 is 0 Å². The molecule has 0 unspecified atom stereocenters. The minimum Gasteiger partial charge on any atom is -0.495 e. The van der Waals surface area contributed by atoms with Crippen LogP contribution in [0.5, 0.6) is 5.75 Å². The molecule has 0 aromatic heterocycles. The van der Waals surface area contributed by atoms with Crippen molar-refractivity contribution < 1.29 is 4.74 Å². The summed E-state index contributed by atoms with van der Waals surface area (Å²) in [5.41, 5.74) is 9.99. The van der Waals surface area contributed by atoms with Crippen molar-refractivity contribution in [1.82, 2.24) is 0 Å². The molecule has 4 nitrogen and oxygen atoms in total. The molecule has 0 aliphatic heterocycles. The first-order chi connectivity index (χ1) is 7.27. The summed E-state index contributed by atoms with van der Waals surface area (Å²) in [6, 6.07) is 5.76. The Labute approximate surface area is 88.5 Å². The number of methoxy groups -OCH3 is 1. The summed E-state index contributed by atoms with van der Waals surface area (Å²) in [6.07, 6.45) is 0. The predicted octanol–water partition coefficient (Wildman–Crippen LogP) is 2.67. The van der Waals surface area contributed by atoms with E-state index in [0.717, 1.165) is 16.9 Å². The molecule has 15 heavy (non-hydrogen) atoms. The van der Waals surface area contributed by atoms with Gasteiger partial charge in [-0.25, -0.2) is 0 Å². The maximum atomic E-state index is 8.07. The van der Waals surface area contributed by atoms with Crippen molar-refractivity contribution in [3.63, 3.8) is 0 Å². The summed E-state index contributed by atoms with van der Waals surface area (Å²) >= 11 is 0. The van der Waals surface area contributed by atoms with E-state index in [0.29, 0.717) is 0 Å². The van der Waals surface area contributed by atoms with Crippen molar-refractivity contribution in [1.29, 1.82) is 0 Å². The van der Waals surface area contributed by atoms with Gasteiger partial charge >= 0.3 is 0 Å². The van der Waals surface area contributed by atoms with Gasteiger partial charge in [-0.05, 0) is 30.2 Å². The highest BCUT2D eigenvalue weighted by molar-refractivity contribution is 5.47. The zero-order chi connectivity index (χ0) is 11.1. The molecule has 0 saturated carbocycles. The number of azide groups is 1. The van der Waals surface area contributed by atoms with Gasteiger partial charge in [-0.3, -0.25) is 0 Å². The van der Waals surface area contributed by atoms with Gasteiger partial charge in [0.2, 0.25) is 0 Å². The van der Waals surface area contributed by atoms with Crippen molar-refractivity contribution in [2.24, 2.45) is 5.11 Å². The van der Waals surface area contributed by atoms with Crippen molar-refractivity contribution in [3.05, 3.63) is 39.8 Å². The zero-order valence-electron chi connectivity index (χ0n) is 8.69. The van der Waals surface area contributed by atoms with E-state index in [2.05, 4.69) is 21.9 Å². The summed E-state index contributed by atoms with van der Waals surface area (Å²) in [7, 11) is 1.60. The zero-order valence-corrected chi connectivity index (χ0v) is 8.69. The van der Waals surface area contributed by atoms with E-state index in [-0.39, 0.29) is 6.54 Å². The number of aryl methyl sites for hydroxylation is 1. The summed E-state index contributed by atoms with van der Waals surface area (Å²) in [6.45, 7) is 2.16. The van der Waals surface area contributed by atoms with Gasteiger partial charge in [-0.1, -0.05) is 23.0 Å². The summed E-state index contributed by atoms with van der Waals surface area (Å²) in [5.74, 6) is 6.37. The van der Waals surface area contributed by atoms with Crippen LogP contribution in [0.1, 0.15) is 11.1 Å². The van der Waals surface area contributed by atoms with E-state index < -0.39 is 0 Å². The molecule has 1 rings (SSSR count). The van der Waals surface area contributed by atoms with Crippen LogP contribution in [0.4, 0.5) is 0 Å². The van der Waals surface area contributed by atoms with E-state index >= 15 is 0 Å². The molecule has 0 bridgehead atoms. The van der Waals surface area contributed by atoms with Crippen LogP contribution in [0.25, 0.3) is 10.4 Å². The van der Waals surface area contributed by atoms with E-state index in [1.807, 2.05) is 25.1 Å². The molecule has 0 heterocycles. The normalized spacial score (nSPS) is 8.40. The molecule has 0 fully saturated rings. The lowest BCUT2D eigenvalue weighted by molar-refractivity contribution is 0.413. The average Bonchev–Trinajstić information content (AvgIpc) is 2.26. The Kier molecular flexibility index (Phi) is 4.08. The fraction of sp³-hybridized carbons (Fsp3) is 0.273. The smallest absolute Gasteiger partial charge is 0.134 e. The maximum Gasteiger partial charge on any atom is 0.134 e. The van der Waals surface area contributed by atoms with E-state index in [9.17, 15) is 0 Å². The van der Waals surface area contributed by atoms with Crippen LogP contribution in [0.15, 0.2) is 23.3 Å². The Balaban J connectivity index is 2.91. The largest absolute Gasteiger partial charge is 0.495 e. The van der Waals surface area contributed by atoms with Gasteiger partial charge in [0.15, 0.2) is 0 Å². The lowest BCUT2D eigenvalue weighted by Crippen LogP contribution is -1.88. The van der Waals surface area contributed by atoms with Gasteiger partial charge in [0.1, 0.15) is 5.75 Å². The Bertz CT molecular complexity index is 451. The highest BCUT2D eigenvalue weighted by atomic mass is 16.5. The molecule has 4 heteroatoms. The third-order valence-corrected chi connectivity index (χ3v) is 1.79. The third kappa shape index (κ3) is 3.26. The molecule has 0 aliphatic carbocycles. The molecule has 0 saturated heterocycles. The Morgan fingerprint density at radius 2 is 2.33 bits per heavy atom. The van der Waals surface area contributed by atoms with Gasteiger partial charge in [0, 0.05) is 4.91 Å². The maximum absolute atomic E-state index is 8.07. The minimum absolute atomic E-state index is 0.174. The molecular weight excluding hydrogens is 190 g/mol. The fourth-order valence-electron chi connectivity index (χ4n) is 1.10. The molecule has 0 aliphatic rings. The second-order valence-corrected chi connectivity index (χ2v) is 2.89. The first-order valence-corrected chi connectivity index (χ1v) is 4.42. The van der Waals surface area contributed by atoms with E-state index in [1.54, 1.807) is 7.11 Å². The second kappa shape index (κ2) is 5.58. The summed E-state index contributed by atoms with van der Waals surface area (Å²) < 4.78 is 5.18. The number of hydrogen-bond donors (Lipinski definition) is 0. The minimum atomic E-state index is 0.174. The number of hydrogen-bond acceptors (Lipinski definition) is 2. The Morgan fingerprint density at radius 3 is 3.00 bits per heavy atom. The number of rotatable bonds is 2. The van der Waals surface area contributed by atoms with Gasteiger partial charge in [-0.15, -0.1) is 0 Å². The topological polar surface area (TPSA) is 58.0 Å². The van der Waals surface area contributed by atoms with Crippen molar-refractivity contribution in [2.45, 2.75) is 6.92 Å². The van der Waals surface area contributed by atoms with Crippen LogP contribution < -0.4 is 4.74 Å². The van der Waals surface area contributed by atoms with Crippen molar-refractivity contribution in [2.75, 3.05) is 13.7 Å². The summed E-state index contributed by atoms with van der Waals surface area (Å²) in [5, 5.41) is 3.33. The highest BCUT2D eigenvalue weighted by Gasteiger charge is 1.98. The average molecular weight is 201 g/mol. The van der Waals surface area contributed by atoms with Crippen molar-refractivity contribution in [3.8, 4) is 17.6 Å². The number of ether oxygens (including phenoxy) is 1. The van der Waals surface area contributed by atoms with E-state index in [4.69, 9.17) is 10.3 Å². The first-order valence-electron chi connectivity index (χ1n) is 4.42. The van der Waals surface area contributed by atoms with Crippen molar-refractivity contribution >= 4 is 0 Å². The van der Waals surface area contributed by atoms with Crippen LogP contribution in [-0.2, 0) is 0 Å². The molecule has 0 N–H and O–H groups in total. The highest BCUT2D eigenvalue weighted by Crippen LogP contribution is 2.18. The van der Waals surface area contributed by atoms with E-state index in [1.165, 1.54) is 0 Å². The third-order valence-electron chi connectivity index (χ3n) is 1.79. The van der Waals surface area contributed by atoms with Crippen LogP contribution in [0.3, 0.4) is 0 Å². The first kappa shape index (κ1) is 11.0. The fourth-order valence-corrected chi connectivity index (χ4v) is 1.10. The van der Waals surface area contributed by atoms with Gasteiger partial charge in [0.25, 0.3) is 0 Å². The molecule has 0 amide bonds. The van der Waals surface area contributed by atoms with Crippen LogP contribution in [-0.4, -0.2) is 13.7 Å². The van der Waals surface area contributed by atoms with Gasteiger partial charge in [-0.2, -0.15) is 0 Å². The lowest BCUT2D eigenvalue weighted by Gasteiger charge is -2.03. The quantitative estimate of drug-likeness (QED) is 0.314. The predicted molar refractivity (Wildman–Crippen MR) is 58.6 cm³/mol. The molecule has 0 spiro atoms. The van der Waals surface area contributed by atoms with Crippen LogP contribution in [0.2, 0.25) is 0 Å². The van der Waals surface area contributed by atoms with Gasteiger partial charge < -0.3 is 4.74 Å². The van der Waals surface area contributed by atoms with Crippen LogP contribution in [0, 0.1) is 18.8 Å². The SMILES string of the molecule is COc1cc(C)ccc1C#CCN=[N+]=[N-]. The Morgan fingerprint density at radius 1 is 1.53 bits per heavy atom. The lowest BCUT2D eigenvalue weighted by atomic mass is 10.1. The molecule has 76 valence electrons. The molecular formula is C11H11N3O. The number of nitrogens with zero attached hydrogens (tertiary/aromatic N) is 3. The second-order valence-electron chi connectivity index (χ2n) is 2.89.